The number of halogens is 1. The van der Waals surface area contributed by atoms with Crippen LogP contribution in [0.15, 0.2) is 16.7 Å². The SMILES string of the molecule is CN(CC1(N(C)C)CCC1)c1ncc(Br)cc1C(=O)O. The van der Waals surface area contributed by atoms with E-state index in [-0.39, 0.29) is 11.1 Å². The molecule has 5 nitrogen and oxygen atoms in total. The minimum absolute atomic E-state index is 0.138. The maximum atomic E-state index is 11.4. The van der Waals surface area contributed by atoms with Crippen molar-refractivity contribution in [2.45, 2.75) is 24.8 Å². The van der Waals surface area contributed by atoms with Crippen molar-refractivity contribution in [2.75, 3.05) is 32.6 Å². The Kier molecular flexibility index (Phi) is 4.34. The van der Waals surface area contributed by atoms with E-state index in [1.807, 2.05) is 11.9 Å². The normalized spacial score (nSPS) is 16.9. The first-order valence-electron chi connectivity index (χ1n) is 6.63. The first-order chi connectivity index (χ1) is 9.35. The molecule has 1 aliphatic rings. The Balaban J connectivity index is 2.25. The predicted octanol–water partition coefficient (Wildman–Crippen LogP) is 2.46. The molecule has 0 bridgehead atoms. The van der Waals surface area contributed by atoms with Crippen LogP contribution in [0.25, 0.3) is 0 Å². The van der Waals surface area contributed by atoms with Gasteiger partial charge in [0.1, 0.15) is 11.4 Å². The summed E-state index contributed by atoms with van der Waals surface area (Å²) < 4.78 is 0.679. The summed E-state index contributed by atoms with van der Waals surface area (Å²) in [6.07, 6.45) is 5.15. The van der Waals surface area contributed by atoms with Crippen LogP contribution < -0.4 is 4.90 Å². The van der Waals surface area contributed by atoms with Crippen LogP contribution in [0.5, 0.6) is 0 Å². The minimum atomic E-state index is -0.951. The molecule has 1 aromatic heterocycles. The Morgan fingerprint density at radius 2 is 2.10 bits per heavy atom. The first-order valence-corrected chi connectivity index (χ1v) is 7.42. The van der Waals surface area contributed by atoms with Gasteiger partial charge in [-0.25, -0.2) is 9.78 Å². The van der Waals surface area contributed by atoms with E-state index >= 15 is 0 Å². The fourth-order valence-electron chi connectivity index (χ4n) is 2.74. The van der Waals surface area contributed by atoms with Crippen molar-refractivity contribution >= 4 is 27.7 Å². The summed E-state index contributed by atoms with van der Waals surface area (Å²) >= 11 is 3.27. The Bertz CT molecular complexity index is 515. The van der Waals surface area contributed by atoms with E-state index in [0.717, 1.165) is 19.4 Å². The Labute approximate surface area is 127 Å². The van der Waals surface area contributed by atoms with Crippen molar-refractivity contribution in [3.05, 3.63) is 22.3 Å². The smallest absolute Gasteiger partial charge is 0.339 e. The molecule has 1 saturated carbocycles. The quantitative estimate of drug-likeness (QED) is 0.891. The zero-order chi connectivity index (χ0) is 14.9. The lowest BCUT2D eigenvalue weighted by Gasteiger charge is -2.49. The van der Waals surface area contributed by atoms with Gasteiger partial charge in [0.2, 0.25) is 0 Å². The number of likely N-dealkylation sites (N-methyl/N-ethyl adjacent to an activating group) is 2. The molecule has 1 fully saturated rings. The average molecular weight is 342 g/mol. The van der Waals surface area contributed by atoms with Crippen LogP contribution >= 0.6 is 15.9 Å². The zero-order valence-corrected chi connectivity index (χ0v) is 13.6. The molecule has 110 valence electrons. The number of aromatic nitrogens is 1. The summed E-state index contributed by atoms with van der Waals surface area (Å²) in [4.78, 5) is 19.8. The lowest BCUT2D eigenvalue weighted by molar-refractivity contribution is 0.0669. The molecule has 0 aromatic carbocycles. The third kappa shape index (κ3) is 2.81. The largest absolute Gasteiger partial charge is 0.478 e. The molecule has 0 atom stereocenters. The summed E-state index contributed by atoms with van der Waals surface area (Å²) in [6, 6.07) is 1.60. The van der Waals surface area contributed by atoms with Crippen molar-refractivity contribution in [1.29, 1.82) is 0 Å². The Hall–Kier alpha value is -1.14. The second-order valence-electron chi connectivity index (χ2n) is 5.66. The standard InChI is InChI=1S/C14H20BrN3O2/c1-17(2)14(5-4-6-14)9-18(3)12-11(13(19)20)7-10(15)8-16-12/h7-8H,4-6,9H2,1-3H3,(H,19,20). The molecule has 1 aliphatic carbocycles. The van der Waals surface area contributed by atoms with E-state index in [0.29, 0.717) is 10.3 Å². The molecule has 0 radical (unpaired) electrons. The monoisotopic (exact) mass is 341 g/mol. The summed E-state index contributed by atoms with van der Waals surface area (Å²) in [5.41, 5.74) is 0.370. The fraction of sp³-hybridized carbons (Fsp3) is 0.571. The number of pyridine rings is 1. The van der Waals surface area contributed by atoms with Crippen molar-refractivity contribution in [1.82, 2.24) is 9.88 Å². The van der Waals surface area contributed by atoms with Gasteiger partial charge in [-0.2, -0.15) is 0 Å². The predicted molar refractivity (Wildman–Crippen MR) is 82.4 cm³/mol. The van der Waals surface area contributed by atoms with Gasteiger partial charge in [0.25, 0.3) is 0 Å². The van der Waals surface area contributed by atoms with Gasteiger partial charge in [-0.1, -0.05) is 0 Å². The molecule has 1 N–H and O–H groups in total. The molecule has 1 heterocycles. The summed E-state index contributed by atoms with van der Waals surface area (Å²) in [5.74, 6) is -0.429. The van der Waals surface area contributed by atoms with Gasteiger partial charge in [0, 0.05) is 29.8 Å². The number of rotatable bonds is 5. The third-order valence-electron chi connectivity index (χ3n) is 4.19. The van der Waals surface area contributed by atoms with E-state index in [2.05, 4.69) is 39.9 Å². The van der Waals surface area contributed by atoms with E-state index in [1.54, 1.807) is 12.3 Å². The summed E-state index contributed by atoms with van der Waals surface area (Å²) in [7, 11) is 6.08. The second kappa shape index (κ2) is 5.69. The van der Waals surface area contributed by atoms with E-state index in [4.69, 9.17) is 0 Å². The first kappa shape index (κ1) is 15.3. The fourth-order valence-corrected chi connectivity index (χ4v) is 3.07. The van der Waals surface area contributed by atoms with Gasteiger partial charge < -0.3 is 14.9 Å². The van der Waals surface area contributed by atoms with Crippen LogP contribution in [-0.2, 0) is 0 Å². The van der Waals surface area contributed by atoms with Gasteiger partial charge >= 0.3 is 5.97 Å². The van der Waals surface area contributed by atoms with E-state index in [1.165, 1.54) is 6.42 Å². The molecule has 20 heavy (non-hydrogen) atoms. The van der Waals surface area contributed by atoms with Gasteiger partial charge in [-0.15, -0.1) is 0 Å². The highest BCUT2D eigenvalue weighted by atomic mass is 79.9. The number of hydrogen-bond acceptors (Lipinski definition) is 4. The van der Waals surface area contributed by atoms with Gasteiger partial charge in [-0.05, 0) is 55.4 Å². The summed E-state index contributed by atoms with van der Waals surface area (Å²) in [6.45, 7) is 0.787. The molecule has 2 rings (SSSR count). The average Bonchev–Trinajstić information content (AvgIpc) is 2.32. The van der Waals surface area contributed by atoms with Crippen molar-refractivity contribution in [3.63, 3.8) is 0 Å². The molecule has 1 aromatic rings. The van der Waals surface area contributed by atoms with Crippen molar-refractivity contribution in [3.8, 4) is 0 Å². The number of hydrogen-bond donors (Lipinski definition) is 1. The van der Waals surface area contributed by atoms with Crippen molar-refractivity contribution < 1.29 is 9.90 Å². The van der Waals surface area contributed by atoms with Gasteiger partial charge in [-0.3, -0.25) is 0 Å². The Morgan fingerprint density at radius 1 is 1.45 bits per heavy atom. The molecular formula is C14H20BrN3O2. The number of nitrogens with zero attached hydrogens (tertiary/aromatic N) is 3. The molecule has 0 unspecified atom stereocenters. The van der Waals surface area contributed by atoms with Gasteiger partial charge in [0.15, 0.2) is 0 Å². The van der Waals surface area contributed by atoms with Crippen molar-refractivity contribution in [2.24, 2.45) is 0 Å². The van der Waals surface area contributed by atoms with Gasteiger partial charge in [0.05, 0.1) is 0 Å². The van der Waals surface area contributed by atoms with E-state index < -0.39 is 5.97 Å². The maximum Gasteiger partial charge on any atom is 0.339 e. The van der Waals surface area contributed by atoms with Crippen LogP contribution in [0.2, 0.25) is 0 Å². The molecule has 0 aliphatic heterocycles. The van der Waals surface area contributed by atoms with Crippen LogP contribution in [0.1, 0.15) is 29.6 Å². The zero-order valence-electron chi connectivity index (χ0n) is 12.1. The molecule has 0 spiro atoms. The highest BCUT2D eigenvalue weighted by Gasteiger charge is 2.40. The molecule has 0 amide bonds. The lowest BCUT2D eigenvalue weighted by Crippen LogP contribution is -2.57. The topological polar surface area (TPSA) is 56.7 Å². The number of aromatic carboxylic acids is 1. The summed E-state index contributed by atoms with van der Waals surface area (Å²) in [5, 5.41) is 9.32. The van der Waals surface area contributed by atoms with E-state index in [9.17, 15) is 9.90 Å². The molecular weight excluding hydrogens is 322 g/mol. The second-order valence-corrected chi connectivity index (χ2v) is 6.57. The van der Waals surface area contributed by atoms with Crippen LogP contribution in [0, 0.1) is 0 Å². The lowest BCUT2D eigenvalue weighted by atomic mass is 9.75. The number of carboxylic acids is 1. The minimum Gasteiger partial charge on any atom is -0.478 e. The maximum absolute atomic E-state index is 11.4. The highest BCUT2D eigenvalue weighted by Crippen LogP contribution is 2.37. The molecule has 6 heteroatoms. The number of carbonyl (C=O) groups is 1. The van der Waals surface area contributed by atoms with Crippen LogP contribution in [-0.4, -0.2) is 54.2 Å². The Morgan fingerprint density at radius 3 is 2.55 bits per heavy atom. The van der Waals surface area contributed by atoms with Crippen LogP contribution in [0.4, 0.5) is 5.82 Å². The molecule has 0 saturated heterocycles. The highest BCUT2D eigenvalue weighted by molar-refractivity contribution is 9.10. The van der Waals surface area contributed by atoms with Crippen LogP contribution in [0.3, 0.4) is 0 Å². The number of anilines is 1. The third-order valence-corrected chi connectivity index (χ3v) is 4.62. The number of carboxylic acid groups (broad SMARTS) is 1.